The van der Waals surface area contributed by atoms with Gasteiger partial charge in [-0.25, -0.2) is 4.79 Å². The molecule has 0 N–H and O–H groups in total. The number of rotatable bonds is 2. The molecule has 0 aliphatic rings. The minimum absolute atomic E-state index is 0.230. The summed E-state index contributed by atoms with van der Waals surface area (Å²) in [7, 11) is 0. The summed E-state index contributed by atoms with van der Waals surface area (Å²) in [6.07, 6.45) is 4.94. The van der Waals surface area contributed by atoms with Crippen LogP contribution in [0.4, 0.5) is 0 Å². The topological polar surface area (TPSA) is 48.0 Å². The zero-order valence-corrected chi connectivity index (χ0v) is 7.80. The highest BCUT2D eigenvalue weighted by molar-refractivity contribution is 5.07. The summed E-state index contributed by atoms with van der Waals surface area (Å²) in [5.41, 5.74) is 1.46. The van der Waals surface area contributed by atoms with E-state index < -0.39 is 0 Å². The van der Waals surface area contributed by atoms with Gasteiger partial charge in [0, 0.05) is 17.5 Å². The van der Waals surface area contributed by atoms with Crippen molar-refractivity contribution in [1.29, 1.82) is 0 Å². The van der Waals surface area contributed by atoms with Crippen molar-refractivity contribution in [3.05, 3.63) is 52.6 Å². The van der Waals surface area contributed by atoms with Crippen molar-refractivity contribution in [2.45, 2.75) is 13.5 Å². The molecule has 0 amide bonds. The van der Waals surface area contributed by atoms with Crippen LogP contribution in [-0.4, -0.2) is 9.55 Å². The van der Waals surface area contributed by atoms with Crippen molar-refractivity contribution in [1.82, 2.24) is 9.55 Å². The third-order valence-corrected chi connectivity index (χ3v) is 1.95. The predicted molar refractivity (Wildman–Crippen MR) is 51.0 cm³/mol. The summed E-state index contributed by atoms with van der Waals surface area (Å²) in [6, 6.07) is 3.63. The average Bonchev–Trinajstić information content (AvgIpc) is 2.62. The van der Waals surface area contributed by atoms with Crippen LogP contribution in [0.25, 0.3) is 0 Å². The maximum absolute atomic E-state index is 11.4. The standard InChI is InChI=1S/C10H10N2O2/c1-8-2-4-12(10(13)11-8)6-9-3-5-14-7-9/h2-5,7H,6H2,1H3. The van der Waals surface area contributed by atoms with E-state index in [4.69, 9.17) is 4.42 Å². The van der Waals surface area contributed by atoms with E-state index in [0.717, 1.165) is 11.3 Å². The van der Waals surface area contributed by atoms with Gasteiger partial charge in [-0.05, 0) is 19.1 Å². The van der Waals surface area contributed by atoms with Crippen LogP contribution in [0.15, 0.2) is 40.1 Å². The Morgan fingerprint density at radius 1 is 1.50 bits per heavy atom. The fourth-order valence-electron chi connectivity index (χ4n) is 1.21. The lowest BCUT2D eigenvalue weighted by Crippen LogP contribution is -2.23. The first kappa shape index (κ1) is 8.74. The largest absolute Gasteiger partial charge is 0.472 e. The number of aromatic nitrogens is 2. The zero-order chi connectivity index (χ0) is 9.97. The van der Waals surface area contributed by atoms with Gasteiger partial charge < -0.3 is 4.42 Å². The van der Waals surface area contributed by atoms with E-state index in [1.165, 1.54) is 4.57 Å². The Hall–Kier alpha value is -1.84. The molecule has 0 saturated carbocycles. The summed E-state index contributed by atoms with van der Waals surface area (Å²) in [5.74, 6) is 0. The second-order valence-electron chi connectivity index (χ2n) is 3.11. The van der Waals surface area contributed by atoms with E-state index >= 15 is 0 Å². The van der Waals surface area contributed by atoms with Gasteiger partial charge in [0.15, 0.2) is 0 Å². The van der Waals surface area contributed by atoms with Crippen molar-refractivity contribution in [3.8, 4) is 0 Å². The van der Waals surface area contributed by atoms with Crippen molar-refractivity contribution < 1.29 is 4.42 Å². The van der Waals surface area contributed by atoms with Gasteiger partial charge in [0.25, 0.3) is 0 Å². The minimum atomic E-state index is -0.230. The molecule has 0 radical (unpaired) electrons. The fourth-order valence-corrected chi connectivity index (χ4v) is 1.21. The Kier molecular flexibility index (Phi) is 2.18. The molecule has 2 rings (SSSR count). The highest BCUT2D eigenvalue weighted by Gasteiger charge is 1.99. The van der Waals surface area contributed by atoms with Crippen LogP contribution in [-0.2, 0) is 6.54 Å². The highest BCUT2D eigenvalue weighted by atomic mass is 16.3. The molecule has 0 fully saturated rings. The highest BCUT2D eigenvalue weighted by Crippen LogP contribution is 2.01. The van der Waals surface area contributed by atoms with Crippen LogP contribution in [0, 0.1) is 6.92 Å². The predicted octanol–water partition coefficient (Wildman–Crippen LogP) is 1.19. The molecule has 72 valence electrons. The molecule has 0 bridgehead atoms. The summed E-state index contributed by atoms with van der Waals surface area (Å²) in [4.78, 5) is 15.2. The number of aryl methyl sites for hydroxylation is 1. The molecule has 14 heavy (non-hydrogen) atoms. The molecule has 0 saturated heterocycles. The summed E-state index contributed by atoms with van der Waals surface area (Å²) in [5, 5.41) is 0. The smallest absolute Gasteiger partial charge is 0.348 e. The van der Waals surface area contributed by atoms with E-state index in [1.807, 2.05) is 12.1 Å². The molecule has 0 aliphatic carbocycles. The SMILES string of the molecule is Cc1ccn(Cc2ccoc2)c(=O)n1. The molecular weight excluding hydrogens is 180 g/mol. The van der Waals surface area contributed by atoms with Crippen molar-refractivity contribution in [2.75, 3.05) is 0 Å². The maximum Gasteiger partial charge on any atom is 0.348 e. The van der Waals surface area contributed by atoms with Gasteiger partial charge in [-0.3, -0.25) is 4.57 Å². The Morgan fingerprint density at radius 2 is 2.36 bits per heavy atom. The molecule has 0 aliphatic heterocycles. The lowest BCUT2D eigenvalue weighted by atomic mass is 10.3. The second-order valence-corrected chi connectivity index (χ2v) is 3.11. The summed E-state index contributed by atoms with van der Waals surface area (Å²) in [6.45, 7) is 2.30. The van der Waals surface area contributed by atoms with E-state index in [0.29, 0.717) is 6.54 Å². The Balaban J connectivity index is 2.30. The number of nitrogens with zero attached hydrogens (tertiary/aromatic N) is 2. The summed E-state index contributed by atoms with van der Waals surface area (Å²) < 4.78 is 6.45. The number of furan rings is 1. The quantitative estimate of drug-likeness (QED) is 0.714. The molecule has 0 atom stereocenters. The maximum atomic E-state index is 11.4. The van der Waals surface area contributed by atoms with Gasteiger partial charge in [0.2, 0.25) is 0 Å². The van der Waals surface area contributed by atoms with E-state index in [2.05, 4.69) is 4.98 Å². The first-order chi connectivity index (χ1) is 6.75. The number of hydrogen-bond donors (Lipinski definition) is 0. The van der Waals surface area contributed by atoms with Crippen LogP contribution < -0.4 is 5.69 Å². The number of hydrogen-bond acceptors (Lipinski definition) is 3. The molecule has 2 aromatic heterocycles. The first-order valence-corrected chi connectivity index (χ1v) is 4.31. The van der Waals surface area contributed by atoms with Crippen molar-refractivity contribution in [3.63, 3.8) is 0 Å². The zero-order valence-electron chi connectivity index (χ0n) is 7.80. The van der Waals surface area contributed by atoms with Crippen LogP contribution in [0.3, 0.4) is 0 Å². The van der Waals surface area contributed by atoms with Gasteiger partial charge in [-0.2, -0.15) is 4.98 Å². The van der Waals surface area contributed by atoms with E-state index in [1.54, 1.807) is 25.6 Å². The molecular formula is C10H10N2O2. The molecule has 0 unspecified atom stereocenters. The molecule has 0 spiro atoms. The van der Waals surface area contributed by atoms with Gasteiger partial charge in [-0.1, -0.05) is 0 Å². The monoisotopic (exact) mass is 190 g/mol. The van der Waals surface area contributed by atoms with E-state index in [-0.39, 0.29) is 5.69 Å². The average molecular weight is 190 g/mol. The van der Waals surface area contributed by atoms with Gasteiger partial charge in [0.1, 0.15) is 0 Å². The Morgan fingerprint density at radius 3 is 3.00 bits per heavy atom. The fraction of sp³-hybridized carbons (Fsp3) is 0.200. The Labute approximate surface area is 80.8 Å². The minimum Gasteiger partial charge on any atom is -0.472 e. The second kappa shape index (κ2) is 3.49. The molecule has 4 nitrogen and oxygen atoms in total. The molecule has 2 heterocycles. The lowest BCUT2D eigenvalue weighted by molar-refractivity contribution is 0.561. The molecule has 0 aromatic carbocycles. The molecule has 2 aromatic rings. The molecule has 4 heteroatoms. The normalized spacial score (nSPS) is 10.4. The van der Waals surface area contributed by atoms with Gasteiger partial charge in [0.05, 0.1) is 19.1 Å². The van der Waals surface area contributed by atoms with Crippen LogP contribution in [0.1, 0.15) is 11.3 Å². The van der Waals surface area contributed by atoms with Crippen molar-refractivity contribution >= 4 is 0 Å². The third-order valence-electron chi connectivity index (χ3n) is 1.95. The first-order valence-electron chi connectivity index (χ1n) is 4.31. The summed E-state index contributed by atoms with van der Waals surface area (Å²) >= 11 is 0. The van der Waals surface area contributed by atoms with E-state index in [9.17, 15) is 4.79 Å². The van der Waals surface area contributed by atoms with Crippen LogP contribution in [0.2, 0.25) is 0 Å². The van der Waals surface area contributed by atoms with Gasteiger partial charge in [-0.15, -0.1) is 0 Å². The van der Waals surface area contributed by atoms with Crippen LogP contribution in [0.5, 0.6) is 0 Å². The van der Waals surface area contributed by atoms with Crippen molar-refractivity contribution in [2.24, 2.45) is 0 Å². The Bertz CT molecular complexity index is 471. The van der Waals surface area contributed by atoms with Gasteiger partial charge >= 0.3 is 5.69 Å². The third kappa shape index (κ3) is 1.74. The lowest BCUT2D eigenvalue weighted by Gasteiger charge is -2.01. The van der Waals surface area contributed by atoms with Crippen LogP contribution >= 0.6 is 0 Å².